The highest BCUT2D eigenvalue weighted by Crippen LogP contribution is 2.10. The smallest absolute Gasteiger partial charge is 0.253 e. The van der Waals surface area contributed by atoms with E-state index in [2.05, 4.69) is 5.32 Å². The van der Waals surface area contributed by atoms with Crippen LogP contribution in [0.3, 0.4) is 0 Å². The number of carbonyl (C=O) groups excluding carboxylic acids is 2. The van der Waals surface area contributed by atoms with Crippen LogP contribution in [0.5, 0.6) is 0 Å². The first-order chi connectivity index (χ1) is 12.0. The maximum Gasteiger partial charge on any atom is 0.253 e. The minimum Gasteiger partial charge on any atom is -0.351 e. The summed E-state index contributed by atoms with van der Waals surface area (Å²) < 4.78 is 0. The number of nitrogens with zero attached hydrogens (tertiary/aromatic N) is 2. The van der Waals surface area contributed by atoms with E-state index in [1.54, 1.807) is 36.2 Å². The van der Waals surface area contributed by atoms with Crippen molar-refractivity contribution in [2.24, 2.45) is 0 Å². The molecular weight excluding hydrogens is 314 g/mol. The van der Waals surface area contributed by atoms with Crippen LogP contribution >= 0.6 is 0 Å². The molecule has 0 spiro atoms. The fraction of sp³-hybridized carbons (Fsp3) is 0.300. The second-order valence-electron chi connectivity index (χ2n) is 6.28. The molecule has 0 unspecified atom stereocenters. The number of rotatable bonds is 7. The highest BCUT2D eigenvalue weighted by Gasteiger charge is 2.13. The van der Waals surface area contributed by atoms with Crippen molar-refractivity contribution in [1.82, 2.24) is 15.1 Å². The largest absolute Gasteiger partial charge is 0.351 e. The molecule has 0 aliphatic carbocycles. The van der Waals surface area contributed by atoms with Gasteiger partial charge in [-0.15, -0.1) is 0 Å². The van der Waals surface area contributed by atoms with Gasteiger partial charge in [0, 0.05) is 37.8 Å². The number of nitrogens with one attached hydrogen (secondary N) is 1. The first-order valence-corrected chi connectivity index (χ1v) is 8.30. The van der Waals surface area contributed by atoms with E-state index in [4.69, 9.17) is 0 Å². The molecule has 0 aliphatic heterocycles. The summed E-state index contributed by atoms with van der Waals surface area (Å²) in [7, 11) is 5.69. The topological polar surface area (TPSA) is 52.7 Å². The Bertz CT molecular complexity index is 697. The van der Waals surface area contributed by atoms with E-state index in [1.807, 2.05) is 49.3 Å². The summed E-state index contributed by atoms with van der Waals surface area (Å²) in [5.74, 6) is -0.193. The second kappa shape index (κ2) is 8.99. The van der Waals surface area contributed by atoms with Crippen LogP contribution in [-0.2, 0) is 6.54 Å². The van der Waals surface area contributed by atoms with E-state index >= 15 is 0 Å². The van der Waals surface area contributed by atoms with Crippen LogP contribution in [0.15, 0.2) is 54.6 Å². The minimum absolute atomic E-state index is 0.0663. The lowest BCUT2D eigenvalue weighted by atomic mass is 10.1. The Hall–Kier alpha value is -2.66. The number of hydrogen-bond acceptors (Lipinski definition) is 3. The standard InChI is InChI=1S/C20H25N3O2/c1-22(2)14-13-21-19(24)17-9-11-18(12-10-17)20(25)23(3)15-16-7-5-4-6-8-16/h4-12H,13-15H2,1-3H3,(H,21,24). The maximum atomic E-state index is 12.5. The van der Waals surface area contributed by atoms with Crippen LogP contribution in [0.4, 0.5) is 0 Å². The minimum atomic E-state index is -0.126. The SMILES string of the molecule is CN(C)CCNC(=O)c1ccc(C(=O)N(C)Cc2ccccc2)cc1. The molecule has 0 heterocycles. The number of amides is 2. The summed E-state index contributed by atoms with van der Waals surface area (Å²) in [5.41, 5.74) is 2.21. The Morgan fingerprint density at radius 2 is 1.48 bits per heavy atom. The Balaban J connectivity index is 1.94. The van der Waals surface area contributed by atoms with Crippen LogP contribution in [0.1, 0.15) is 26.3 Å². The predicted octanol–water partition coefficient (Wildman–Crippen LogP) is 2.25. The molecule has 0 aromatic heterocycles. The van der Waals surface area contributed by atoms with Crippen LogP contribution in [0.25, 0.3) is 0 Å². The number of hydrogen-bond donors (Lipinski definition) is 1. The summed E-state index contributed by atoms with van der Waals surface area (Å²) in [6.45, 7) is 1.92. The fourth-order valence-corrected chi connectivity index (χ4v) is 2.41. The van der Waals surface area contributed by atoms with E-state index in [9.17, 15) is 9.59 Å². The molecule has 2 aromatic carbocycles. The molecule has 0 saturated carbocycles. The molecule has 5 heteroatoms. The molecule has 2 amide bonds. The van der Waals surface area contributed by atoms with Gasteiger partial charge in [0.2, 0.25) is 0 Å². The van der Waals surface area contributed by atoms with Gasteiger partial charge in [-0.2, -0.15) is 0 Å². The summed E-state index contributed by atoms with van der Waals surface area (Å²) in [6, 6.07) is 16.6. The number of likely N-dealkylation sites (N-methyl/N-ethyl adjacent to an activating group) is 1. The van der Waals surface area contributed by atoms with E-state index < -0.39 is 0 Å². The van der Waals surface area contributed by atoms with Crippen molar-refractivity contribution in [2.45, 2.75) is 6.54 Å². The zero-order valence-corrected chi connectivity index (χ0v) is 15.0. The number of carbonyl (C=O) groups is 2. The zero-order valence-electron chi connectivity index (χ0n) is 15.0. The third-order valence-corrected chi connectivity index (χ3v) is 3.85. The van der Waals surface area contributed by atoms with Crippen LogP contribution < -0.4 is 5.32 Å². The molecule has 0 atom stereocenters. The lowest BCUT2D eigenvalue weighted by Gasteiger charge is -2.17. The first-order valence-electron chi connectivity index (χ1n) is 8.30. The van der Waals surface area contributed by atoms with E-state index in [0.29, 0.717) is 24.2 Å². The van der Waals surface area contributed by atoms with Crippen molar-refractivity contribution in [3.05, 3.63) is 71.3 Å². The molecule has 0 aliphatic rings. The maximum absolute atomic E-state index is 12.5. The molecule has 25 heavy (non-hydrogen) atoms. The zero-order chi connectivity index (χ0) is 18.2. The summed E-state index contributed by atoms with van der Waals surface area (Å²) in [5, 5.41) is 2.86. The van der Waals surface area contributed by atoms with E-state index in [-0.39, 0.29) is 11.8 Å². The number of benzene rings is 2. The molecule has 132 valence electrons. The van der Waals surface area contributed by atoms with Gasteiger partial charge in [0.05, 0.1) is 0 Å². The second-order valence-corrected chi connectivity index (χ2v) is 6.28. The third-order valence-electron chi connectivity index (χ3n) is 3.85. The van der Waals surface area contributed by atoms with Crippen molar-refractivity contribution in [3.63, 3.8) is 0 Å². The summed E-state index contributed by atoms with van der Waals surface area (Å²) >= 11 is 0. The van der Waals surface area contributed by atoms with E-state index in [0.717, 1.165) is 12.1 Å². The highest BCUT2D eigenvalue weighted by atomic mass is 16.2. The molecule has 2 rings (SSSR count). The van der Waals surface area contributed by atoms with Gasteiger partial charge in [0.15, 0.2) is 0 Å². The van der Waals surface area contributed by atoms with Crippen LogP contribution in [0, 0.1) is 0 Å². The van der Waals surface area contributed by atoms with Crippen molar-refractivity contribution < 1.29 is 9.59 Å². The lowest BCUT2D eigenvalue weighted by Crippen LogP contribution is -2.31. The summed E-state index contributed by atoms with van der Waals surface area (Å²) in [6.07, 6.45) is 0. The first kappa shape index (κ1) is 18.7. The molecule has 0 fully saturated rings. The third kappa shape index (κ3) is 5.72. The summed E-state index contributed by atoms with van der Waals surface area (Å²) in [4.78, 5) is 28.2. The van der Waals surface area contributed by atoms with Gasteiger partial charge in [-0.25, -0.2) is 0 Å². The van der Waals surface area contributed by atoms with Gasteiger partial charge in [-0.3, -0.25) is 9.59 Å². The molecule has 1 N–H and O–H groups in total. The molecule has 5 nitrogen and oxygen atoms in total. The van der Waals surface area contributed by atoms with Crippen molar-refractivity contribution in [1.29, 1.82) is 0 Å². The van der Waals surface area contributed by atoms with Crippen molar-refractivity contribution in [3.8, 4) is 0 Å². The molecule has 0 saturated heterocycles. The van der Waals surface area contributed by atoms with Crippen LogP contribution in [0.2, 0.25) is 0 Å². The Morgan fingerprint density at radius 1 is 0.880 bits per heavy atom. The normalized spacial score (nSPS) is 10.6. The Morgan fingerprint density at radius 3 is 2.08 bits per heavy atom. The van der Waals surface area contributed by atoms with Crippen LogP contribution in [-0.4, -0.2) is 55.8 Å². The van der Waals surface area contributed by atoms with Crippen molar-refractivity contribution in [2.75, 3.05) is 34.2 Å². The van der Waals surface area contributed by atoms with Crippen molar-refractivity contribution >= 4 is 11.8 Å². The molecule has 0 bridgehead atoms. The predicted molar refractivity (Wildman–Crippen MR) is 99.6 cm³/mol. The van der Waals surface area contributed by atoms with Gasteiger partial charge in [0.1, 0.15) is 0 Å². The van der Waals surface area contributed by atoms with E-state index in [1.165, 1.54) is 0 Å². The quantitative estimate of drug-likeness (QED) is 0.842. The van der Waals surface area contributed by atoms with Gasteiger partial charge >= 0.3 is 0 Å². The highest BCUT2D eigenvalue weighted by molar-refractivity contribution is 5.97. The molecular formula is C20H25N3O2. The van der Waals surface area contributed by atoms with Gasteiger partial charge in [-0.05, 0) is 43.9 Å². The van der Waals surface area contributed by atoms with Gasteiger partial charge in [0.25, 0.3) is 11.8 Å². The Labute approximate surface area is 149 Å². The molecule has 2 aromatic rings. The van der Waals surface area contributed by atoms with Gasteiger partial charge in [-0.1, -0.05) is 30.3 Å². The fourth-order valence-electron chi connectivity index (χ4n) is 2.41. The Kier molecular flexibility index (Phi) is 6.71. The average Bonchev–Trinajstić information content (AvgIpc) is 2.61. The monoisotopic (exact) mass is 339 g/mol. The molecule has 0 radical (unpaired) electrons. The average molecular weight is 339 g/mol. The van der Waals surface area contributed by atoms with Gasteiger partial charge < -0.3 is 15.1 Å². The lowest BCUT2D eigenvalue weighted by molar-refractivity contribution is 0.0784.